The number of hydrogen-bond acceptors (Lipinski definition) is 1. The second-order valence-electron chi connectivity index (χ2n) is 4.25. The first-order valence-corrected chi connectivity index (χ1v) is 4.48. The molecule has 2 nitrogen and oxygen atoms in total. The maximum Gasteiger partial charge on any atom is 0.0680 e. The van der Waals surface area contributed by atoms with Gasteiger partial charge < -0.3 is 0 Å². The maximum atomic E-state index is 4.47. The van der Waals surface area contributed by atoms with Gasteiger partial charge in [-0.3, -0.25) is 4.68 Å². The van der Waals surface area contributed by atoms with Gasteiger partial charge in [0.2, 0.25) is 0 Å². The molecule has 0 unspecified atom stereocenters. The van der Waals surface area contributed by atoms with E-state index in [2.05, 4.69) is 38.9 Å². The highest BCUT2D eigenvalue weighted by molar-refractivity contribution is 5.17. The molecular weight excluding hydrogens is 148 g/mol. The molecule has 2 heteroatoms. The van der Waals surface area contributed by atoms with Crippen LogP contribution in [0.15, 0.2) is 6.07 Å². The number of aryl methyl sites for hydroxylation is 2. The van der Waals surface area contributed by atoms with Crippen molar-refractivity contribution < 1.29 is 0 Å². The van der Waals surface area contributed by atoms with E-state index in [0.717, 1.165) is 6.42 Å². The summed E-state index contributed by atoms with van der Waals surface area (Å²) in [5.41, 5.74) is 2.66. The van der Waals surface area contributed by atoms with Crippen LogP contribution in [-0.4, -0.2) is 9.78 Å². The minimum absolute atomic E-state index is 0.172. The Morgan fingerprint density at radius 1 is 1.42 bits per heavy atom. The average molecular weight is 166 g/mol. The molecule has 12 heavy (non-hydrogen) atoms. The first-order valence-electron chi connectivity index (χ1n) is 4.48. The van der Waals surface area contributed by atoms with Crippen LogP contribution in [-0.2, 0) is 18.9 Å². The summed E-state index contributed by atoms with van der Waals surface area (Å²) in [6.45, 7) is 8.72. The van der Waals surface area contributed by atoms with Crippen molar-refractivity contribution in [2.45, 2.75) is 39.5 Å². The molecule has 0 aliphatic heterocycles. The standard InChI is InChI=1S/C10H18N2/c1-6-8-7-9(10(2,3)4)11-12(8)5/h7H,6H2,1-5H3. The summed E-state index contributed by atoms with van der Waals surface area (Å²) >= 11 is 0. The molecule has 0 aliphatic rings. The van der Waals surface area contributed by atoms with E-state index in [4.69, 9.17) is 0 Å². The molecule has 0 atom stereocenters. The van der Waals surface area contributed by atoms with Gasteiger partial charge in [0.25, 0.3) is 0 Å². The summed E-state index contributed by atoms with van der Waals surface area (Å²) in [7, 11) is 2.01. The van der Waals surface area contributed by atoms with Crippen molar-refractivity contribution in [3.63, 3.8) is 0 Å². The predicted molar refractivity (Wildman–Crippen MR) is 51.3 cm³/mol. The highest BCUT2D eigenvalue weighted by Gasteiger charge is 2.17. The van der Waals surface area contributed by atoms with Crippen molar-refractivity contribution in [2.75, 3.05) is 0 Å². The topological polar surface area (TPSA) is 17.8 Å². The van der Waals surface area contributed by atoms with Crippen LogP contribution < -0.4 is 0 Å². The van der Waals surface area contributed by atoms with Crippen LogP contribution in [0, 0.1) is 0 Å². The summed E-state index contributed by atoms with van der Waals surface area (Å²) in [5, 5.41) is 4.47. The first kappa shape index (κ1) is 9.30. The van der Waals surface area contributed by atoms with E-state index in [-0.39, 0.29) is 5.41 Å². The van der Waals surface area contributed by atoms with E-state index in [1.54, 1.807) is 0 Å². The number of nitrogens with zero attached hydrogens (tertiary/aromatic N) is 2. The highest BCUT2D eigenvalue weighted by Crippen LogP contribution is 2.21. The molecule has 0 fully saturated rings. The molecule has 0 aromatic carbocycles. The fraction of sp³-hybridized carbons (Fsp3) is 0.700. The van der Waals surface area contributed by atoms with E-state index < -0.39 is 0 Å². The summed E-state index contributed by atoms with van der Waals surface area (Å²) < 4.78 is 1.97. The molecule has 0 bridgehead atoms. The third-order valence-corrected chi connectivity index (χ3v) is 2.11. The molecule has 1 heterocycles. The van der Waals surface area contributed by atoms with Crippen LogP contribution in [0.25, 0.3) is 0 Å². The van der Waals surface area contributed by atoms with Gasteiger partial charge in [0.1, 0.15) is 0 Å². The van der Waals surface area contributed by atoms with Crippen LogP contribution in [0.2, 0.25) is 0 Å². The Morgan fingerprint density at radius 3 is 2.25 bits per heavy atom. The zero-order valence-electron chi connectivity index (χ0n) is 8.68. The third kappa shape index (κ3) is 1.68. The summed E-state index contributed by atoms with van der Waals surface area (Å²) in [6.07, 6.45) is 1.06. The highest BCUT2D eigenvalue weighted by atomic mass is 15.3. The molecule has 1 aromatic rings. The van der Waals surface area contributed by atoms with Crippen LogP contribution in [0.4, 0.5) is 0 Å². The molecule has 1 aromatic heterocycles. The molecule has 0 amide bonds. The van der Waals surface area contributed by atoms with Crippen molar-refractivity contribution >= 4 is 0 Å². The summed E-state index contributed by atoms with van der Waals surface area (Å²) in [5.74, 6) is 0. The van der Waals surface area contributed by atoms with Gasteiger partial charge in [-0.2, -0.15) is 5.10 Å². The molecule has 0 radical (unpaired) electrons. The van der Waals surface area contributed by atoms with Gasteiger partial charge in [-0.25, -0.2) is 0 Å². The van der Waals surface area contributed by atoms with Crippen molar-refractivity contribution in [3.8, 4) is 0 Å². The van der Waals surface area contributed by atoms with Crippen molar-refractivity contribution in [2.24, 2.45) is 7.05 Å². The van der Waals surface area contributed by atoms with Crippen LogP contribution >= 0.6 is 0 Å². The third-order valence-electron chi connectivity index (χ3n) is 2.11. The molecule has 0 N–H and O–H groups in total. The van der Waals surface area contributed by atoms with Gasteiger partial charge in [0.05, 0.1) is 5.69 Å². The molecule has 68 valence electrons. The van der Waals surface area contributed by atoms with Crippen molar-refractivity contribution in [3.05, 3.63) is 17.5 Å². The zero-order valence-corrected chi connectivity index (χ0v) is 8.68. The quantitative estimate of drug-likeness (QED) is 0.626. The summed E-state index contributed by atoms with van der Waals surface area (Å²) in [4.78, 5) is 0. The lowest BCUT2D eigenvalue weighted by molar-refractivity contribution is 0.551. The van der Waals surface area contributed by atoms with Gasteiger partial charge in [0, 0.05) is 18.2 Å². The molecular formula is C10H18N2. The number of aromatic nitrogens is 2. The Kier molecular flexibility index (Phi) is 2.27. The fourth-order valence-electron chi connectivity index (χ4n) is 1.20. The van der Waals surface area contributed by atoms with Gasteiger partial charge in [0.15, 0.2) is 0 Å². The van der Waals surface area contributed by atoms with Gasteiger partial charge in [-0.1, -0.05) is 27.7 Å². The minimum Gasteiger partial charge on any atom is -0.272 e. The van der Waals surface area contributed by atoms with Crippen molar-refractivity contribution in [1.82, 2.24) is 9.78 Å². The smallest absolute Gasteiger partial charge is 0.0680 e. The SMILES string of the molecule is CCc1cc(C(C)(C)C)nn1C. The predicted octanol–water partition coefficient (Wildman–Crippen LogP) is 2.28. The van der Waals surface area contributed by atoms with E-state index >= 15 is 0 Å². The summed E-state index contributed by atoms with van der Waals surface area (Å²) in [6, 6.07) is 2.19. The molecule has 0 aliphatic carbocycles. The van der Waals surface area contributed by atoms with E-state index in [1.165, 1.54) is 11.4 Å². The molecule has 1 rings (SSSR count). The fourth-order valence-corrected chi connectivity index (χ4v) is 1.20. The van der Waals surface area contributed by atoms with Gasteiger partial charge in [-0.15, -0.1) is 0 Å². The van der Waals surface area contributed by atoms with Gasteiger partial charge in [-0.05, 0) is 12.5 Å². The Bertz CT molecular complexity index is 266. The largest absolute Gasteiger partial charge is 0.272 e. The Labute approximate surface area is 74.6 Å². The second-order valence-corrected chi connectivity index (χ2v) is 4.25. The Hall–Kier alpha value is -0.790. The van der Waals surface area contributed by atoms with Gasteiger partial charge >= 0.3 is 0 Å². The minimum atomic E-state index is 0.172. The van der Waals surface area contributed by atoms with Crippen LogP contribution in [0.1, 0.15) is 39.1 Å². The lowest BCUT2D eigenvalue weighted by Gasteiger charge is -2.13. The molecule has 0 saturated carbocycles. The monoisotopic (exact) mass is 166 g/mol. The first-order chi connectivity index (χ1) is 5.45. The Morgan fingerprint density at radius 2 is 2.00 bits per heavy atom. The maximum absolute atomic E-state index is 4.47. The normalized spacial score (nSPS) is 12.1. The lowest BCUT2D eigenvalue weighted by Crippen LogP contribution is -2.12. The lowest BCUT2D eigenvalue weighted by atomic mass is 9.92. The van der Waals surface area contributed by atoms with Crippen LogP contribution in [0.5, 0.6) is 0 Å². The van der Waals surface area contributed by atoms with E-state index in [1.807, 2.05) is 11.7 Å². The zero-order chi connectivity index (χ0) is 9.35. The Balaban J connectivity index is 3.05. The van der Waals surface area contributed by atoms with Crippen molar-refractivity contribution in [1.29, 1.82) is 0 Å². The molecule has 0 spiro atoms. The van der Waals surface area contributed by atoms with E-state index in [9.17, 15) is 0 Å². The second kappa shape index (κ2) is 2.92. The number of hydrogen-bond donors (Lipinski definition) is 0. The number of rotatable bonds is 1. The molecule has 0 saturated heterocycles. The van der Waals surface area contributed by atoms with E-state index in [0.29, 0.717) is 0 Å². The average Bonchev–Trinajstić information content (AvgIpc) is 2.29. The van der Waals surface area contributed by atoms with Crippen LogP contribution in [0.3, 0.4) is 0 Å².